The van der Waals surface area contributed by atoms with Crippen molar-refractivity contribution in [2.75, 3.05) is 29.5 Å². The average Bonchev–Trinajstić information content (AvgIpc) is 2.85. The highest BCUT2D eigenvalue weighted by Gasteiger charge is 2.31. The van der Waals surface area contributed by atoms with Crippen molar-refractivity contribution in [1.82, 2.24) is 0 Å². The number of hydrogen-bond acceptors (Lipinski definition) is 6. The Hall–Kier alpha value is -3.75. The van der Waals surface area contributed by atoms with Crippen LogP contribution in [0.4, 0.5) is 17.1 Å². The molecule has 2 aromatic carbocycles. The van der Waals surface area contributed by atoms with Crippen LogP contribution in [-0.4, -0.2) is 42.4 Å². The first-order chi connectivity index (χ1) is 13.9. The Bertz CT molecular complexity index is 957. The van der Waals surface area contributed by atoms with Gasteiger partial charge in [-0.2, -0.15) is 0 Å². The molecule has 0 unspecified atom stereocenters. The molecule has 150 valence electrons. The molecule has 0 bridgehead atoms. The van der Waals surface area contributed by atoms with Crippen LogP contribution in [0.3, 0.4) is 0 Å². The number of hydrogen-bond donors (Lipinski definition) is 0. The number of esters is 1. The summed E-state index contributed by atoms with van der Waals surface area (Å²) in [6.45, 7) is 1.75. The summed E-state index contributed by atoms with van der Waals surface area (Å²) in [5.41, 5.74) is 1.05. The first kappa shape index (κ1) is 20.0. The number of nitrogens with zero attached hydrogens (tertiary/aromatic N) is 3. The number of anilines is 2. The van der Waals surface area contributed by atoms with Crippen LogP contribution in [-0.2, 0) is 14.3 Å². The number of nitro groups is 1. The van der Waals surface area contributed by atoms with Gasteiger partial charge in [0.15, 0.2) is 0 Å². The number of para-hydroxylation sites is 2. The summed E-state index contributed by atoms with van der Waals surface area (Å²) in [7, 11) is 0. The molecule has 2 amide bonds. The lowest BCUT2D eigenvalue weighted by atomic mass is 10.1. The highest BCUT2D eigenvalue weighted by atomic mass is 16.6. The number of carbonyl (C=O) groups excluding carboxylic acids is 3. The second-order valence-electron chi connectivity index (χ2n) is 6.28. The largest absolute Gasteiger partial charge is 0.465 e. The normalized spacial score (nSPS) is 13.5. The fraction of sp³-hybridized carbons (Fsp3) is 0.250. The lowest BCUT2D eigenvalue weighted by Gasteiger charge is -2.25. The molecule has 0 saturated heterocycles. The number of fused-ring (bicyclic) bond motifs is 1. The van der Waals surface area contributed by atoms with Gasteiger partial charge in [-0.3, -0.25) is 29.4 Å². The highest BCUT2D eigenvalue weighted by molar-refractivity contribution is 6.11. The van der Waals surface area contributed by atoms with Crippen LogP contribution >= 0.6 is 0 Å². The molecule has 1 heterocycles. The Morgan fingerprint density at radius 3 is 2.38 bits per heavy atom. The van der Waals surface area contributed by atoms with E-state index in [4.69, 9.17) is 4.74 Å². The third-order valence-corrected chi connectivity index (χ3v) is 4.48. The standard InChI is InChI=1S/C20H19N3O6/c1-2-29-19(25)13-22-17-6-4-3-5-16(17)21(12-11-18(22)24)20(26)14-7-9-15(10-8-14)23(27)28/h3-10H,2,11-13H2,1H3. The SMILES string of the molecule is CCOC(=O)CN1C(=O)CCN(C(=O)c2ccc([N+](=O)[O-])cc2)c2ccccc21. The Labute approximate surface area is 166 Å². The molecule has 9 heteroatoms. The van der Waals surface area contributed by atoms with Gasteiger partial charge in [-0.25, -0.2) is 0 Å². The second kappa shape index (κ2) is 8.51. The van der Waals surface area contributed by atoms with Crippen LogP contribution in [0.1, 0.15) is 23.7 Å². The van der Waals surface area contributed by atoms with E-state index in [2.05, 4.69) is 0 Å². The third-order valence-electron chi connectivity index (χ3n) is 4.48. The molecule has 0 aliphatic carbocycles. The maximum Gasteiger partial charge on any atom is 0.326 e. The topological polar surface area (TPSA) is 110 Å². The van der Waals surface area contributed by atoms with Crippen molar-refractivity contribution in [3.8, 4) is 0 Å². The van der Waals surface area contributed by atoms with Crippen LogP contribution in [0, 0.1) is 10.1 Å². The molecule has 0 fully saturated rings. The van der Waals surface area contributed by atoms with Crippen LogP contribution in [0.25, 0.3) is 0 Å². The fourth-order valence-electron chi connectivity index (χ4n) is 3.12. The smallest absolute Gasteiger partial charge is 0.326 e. The third kappa shape index (κ3) is 4.23. The van der Waals surface area contributed by atoms with E-state index in [-0.39, 0.29) is 43.3 Å². The maximum atomic E-state index is 13.1. The summed E-state index contributed by atoms with van der Waals surface area (Å²) in [4.78, 5) is 50.7. The van der Waals surface area contributed by atoms with Gasteiger partial charge >= 0.3 is 5.97 Å². The van der Waals surface area contributed by atoms with Gasteiger partial charge in [-0.15, -0.1) is 0 Å². The second-order valence-corrected chi connectivity index (χ2v) is 6.28. The van der Waals surface area contributed by atoms with Gasteiger partial charge in [0.2, 0.25) is 5.91 Å². The molecule has 2 aromatic rings. The summed E-state index contributed by atoms with van der Waals surface area (Å²) in [5, 5.41) is 10.8. The molecule has 0 radical (unpaired) electrons. The van der Waals surface area contributed by atoms with Crippen molar-refractivity contribution in [1.29, 1.82) is 0 Å². The molecule has 1 aliphatic rings. The molecule has 3 rings (SSSR count). The van der Waals surface area contributed by atoms with E-state index in [1.165, 1.54) is 34.1 Å². The van der Waals surface area contributed by atoms with Gasteiger partial charge in [-0.1, -0.05) is 12.1 Å². The number of non-ortho nitro benzene ring substituents is 1. The fourth-order valence-corrected chi connectivity index (χ4v) is 3.12. The van der Waals surface area contributed by atoms with Crippen molar-refractivity contribution in [3.05, 3.63) is 64.2 Å². The van der Waals surface area contributed by atoms with Crippen LogP contribution in [0.15, 0.2) is 48.5 Å². The van der Waals surface area contributed by atoms with Crippen molar-refractivity contribution in [2.24, 2.45) is 0 Å². The van der Waals surface area contributed by atoms with Crippen molar-refractivity contribution >= 4 is 34.8 Å². The van der Waals surface area contributed by atoms with E-state index in [0.717, 1.165) is 0 Å². The number of carbonyl (C=O) groups is 3. The van der Waals surface area contributed by atoms with Crippen LogP contribution < -0.4 is 9.80 Å². The van der Waals surface area contributed by atoms with E-state index in [1.807, 2.05) is 0 Å². The predicted molar refractivity (Wildman–Crippen MR) is 105 cm³/mol. The zero-order chi connectivity index (χ0) is 21.0. The predicted octanol–water partition coefficient (Wildman–Crippen LogP) is 2.54. The van der Waals surface area contributed by atoms with Crippen molar-refractivity contribution < 1.29 is 24.0 Å². The van der Waals surface area contributed by atoms with Crippen molar-refractivity contribution in [2.45, 2.75) is 13.3 Å². The first-order valence-corrected chi connectivity index (χ1v) is 9.03. The molecule has 29 heavy (non-hydrogen) atoms. The molecule has 0 N–H and O–H groups in total. The van der Waals surface area contributed by atoms with Gasteiger partial charge in [0.05, 0.1) is 22.9 Å². The molecular weight excluding hydrogens is 378 g/mol. The van der Waals surface area contributed by atoms with Crippen molar-refractivity contribution in [3.63, 3.8) is 0 Å². The Morgan fingerprint density at radius 1 is 1.10 bits per heavy atom. The molecule has 0 aromatic heterocycles. The van der Waals surface area contributed by atoms with Gasteiger partial charge in [-0.05, 0) is 31.2 Å². The maximum absolute atomic E-state index is 13.1. The summed E-state index contributed by atoms with van der Waals surface area (Å²) in [6.07, 6.45) is 0.0206. The zero-order valence-electron chi connectivity index (χ0n) is 15.7. The summed E-state index contributed by atoms with van der Waals surface area (Å²) in [5.74, 6) is -1.23. The van der Waals surface area contributed by atoms with E-state index < -0.39 is 16.8 Å². The summed E-state index contributed by atoms with van der Waals surface area (Å²) >= 11 is 0. The molecule has 1 aliphatic heterocycles. The van der Waals surface area contributed by atoms with Crippen LogP contribution in [0.5, 0.6) is 0 Å². The summed E-state index contributed by atoms with van der Waals surface area (Å²) < 4.78 is 4.95. The Balaban J connectivity index is 1.95. The van der Waals surface area contributed by atoms with E-state index in [0.29, 0.717) is 11.4 Å². The minimum absolute atomic E-state index is 0.0206. The molecular formula is C20H19N3O6. The van der Waals surface area contributed by atoms with E-state index in [1.54, 1.807) is 31.2 Å². The monoisotopic (exact) mass is 397 g/mol. The van der Waals surface area contributed by atoms with E-state index in [9.17, 15) is 24.5 Å². The number of nitro benzene ring substituents is 1. The first-order valence-electron chi connectivity index (χ1n) is 9.03. The minimum atomic E-state index is -0.540. The minimum Gasteiger partial charge on any atom is -0.465 e. The molecule has 9 nitrogen and oxygen atoms in total. The van der Waals surface area contributed by atoms with Gasteiger partial charge in [0.1, 0.15) is 6.54 Å². The van der Waals surface area contributed by atoms with Gasteiger partial charge in [0.25, 0.3) is 11.6 Å². The van der Waals surface area contributed by atoms with Crippen LogP contribution in [0.2, 0.25) is 0 Å². The zero-order valence-corrected chi connectivity index (χ0v) is 15.7. The van der Waals surface area contributed by atoms with Gasteiger partial charge in [0, 0.05) is 30.7 Å². The average molecular weight is 397 g/mol. The highest BCUT2D eigenvalue weighted by Crippen LogP contribution is 2.33. The lowest BCUT2D eigenvalue weighted by molar-refractivity contribution is -0.384. The lowest BCUT2D eigenvalue weighted by Crippen LogP contribution is -2.36. The molecule has 0 saturated carbocycles. The number of amides is 2. The quantitative estimate of drug-likeness (QED) is 0.436. The number of rotatable bonds is 5. The number of benzene rings is 2. The van der Waals surface area contributed by atoms with Gasteiger partial charge < -0.3 is 9.64 Å². The Kier molecular flexibility index (Phi) is 5.87. The van der Waals surface area contributed by atoms with E-state index >= 15 is 0 Å². The Morgan fingerprint density at radius 2 is 1.76 bits per heavy atom. The molecule has 0 spiro atoms. The number of ether oxygens (including phenoxy) is 1. The molecule has 0 atom stereocenters. The summed E-state index contributed by atoms with van der Waals surface area (Å²) in [6, 6.07) is 12.1.